The number of nitrogens with zero attached hydrogens (tertiary/aromatic N) is 2. The van der Waals surface area contributed by atoms with Crippen LogP contribution < -0.4 is 0 Å². The molecule has 122 valence electrons. The van der Waals surface area contributed by atoms with Crippen molar-refractivity contribution in [1.82, 2.24) is 4.57 Å². The zero-order valence-electron chi connectivity index (χ0n) is 14.5. The molecule has 0 spiro atoms. The van der Waals surface area contributed by atoms with Gasteiger partial charge in [0.2, 0.25) is 0 Å². The summed E-state index contributed by atoms with van der Waals surface area (Å²) >= 11 is 0. The van der Waals surface area contributed by atoms with E-state index in [0.717, 1.165) is 28.3 Å². The van der Waals surface area contributed by atoms with Crippen molar-refractivity contribution in [3.05, 3.63) is 82.4 Å². The molecule has 0 amide bonds. The molecule has 0 aliphatic carbocycles. The van der Waals surface area contributed by atoms with Gasteiger partial charge in [0.25, 0.3) is 0 Å². The normalized spacial score (nSPS) is 11.4. The van der Waals surface area contributed by atoms with Crippen molar-refractivity contribution in [1.29, 1.82) is 0 Å². The summed E-state index contributed by atoms with van der Waals surface area (Å²) in [6.45, 7) is 8.29. The van der Waals surface area contributed by atoms with Gasteiger partial charge in [-0.25, -0.2) is 4.39 Å². The summed E-state index contributed by atoms with van der Waals surface area (Å²) in [6, 6.07) is 14.9. The smallest absolute Gasteiger partial charge is 0.123 e. The topological polar surface area (TPSA) is 17.3 Å². The molecule has 2 aromatic carbocycles. The van der Waals surface area contributed by atoms with Crippen LogP contribution in [0.3, 0.4) is 0 Å². The van der Waals surface area contributed by atoms with E-state index in [1.807, 2.05) is 19.2 Å². The monoisotopic (exact) mass is 320 g/mol. The summed E-state index contributed by atoms with van der Waals surface area (Å²) in [5.41, 5.74) is 7.66. The van der Waals surface area contributed by atoms with Gasteiger partial charge in [0.05, 0.1) is 5.69 Å². The summed E-state index contributed by atoms with van der Waals surface area (Å²) in [5.74, 6) is -0.224. The van der Waals surface area contributed by atoms with E-state index in [9.17, 15) is 4.39 Å². The summed E-state index contributed by atoms with van der Waals surface area (Å²) in [7, 11) is 0. The van der Waals surface area contributed by atoms with Crippen LogP contribution in [0.1, 0.15) is 28.1 Å². The summed E-state index contributed by atoms with van der Waals surface area (Å²) < 4.78 is 15.3. The largest absolute Gasteiger partial charge is 0.318 e. The number of aliphatic imine (C=N–C) groups is 1. The van der Waals surface area contributed by atoms with Crippen molar-refractivity contribution in [3.8, 4) is 5.69 Å². The van der Waals surface area contributed by atoms with Crippen LogP contribution in [0.25, 0.3) is 5.69 Å². The Morgan fingerprint density at radius 1 is 0.875 bits per heavy atom. The van der Waals surface area contributed by atoms with E-state index in [4.69, 9.17) is 0 Å². The molecule has 0 radical (unpaired) electrons. The molecule has 3 rings (SSSR count). The lowest BCUT2D eigenvalue weighted by Gasteiger charge is -2.09. The predicted molar refractivity (Wildman–Crippen MR) is 98.4 cm³/mol. The molecular formula is C21H21FN2. The van der Waals surface area contributed by atoms with Crippen molar-refractivity contribution in [2.75, 3.05) is 0 Å². The van der Waals surface area contributed by atoms with E-state index < -0.39 is 0 Å². The Hall–Kier alpha value is -2.68. The van der Waals surface area contributed by atoms with E-state index in [2.05, 4.69) is 48.5 Å². The van der Waals surface area contributed by atoms with Crippen molar-refractivity contribution in [3.63, 3.8) is 0 Å². The third-order valence-electron chi connectivity index (χ3n) is 4.40. The maximum Gasteiger partial charge on any atom is 0.123 e. The molecule has 0 saturated heterocycles. The highest BCUT2D eigenvalue weighted by Gasteiger charge is 2.09. The first kappa shape index (κ1) is 16.2. The van der Waals surface area contributed by atoms with E-state index in [0.29, 0.717) is 0 Å². The molecule has 3 aromatic rings. The fourth-order valence-electron chi connectivity index (χ4n) is 2.86. The second-order valence-electron chi connectivity index (χ2n) is 6.17. The molecule has 0 N–H and O–H groups in total. The van der Waals surface area contributed by atoms with Gasteiger partial charge in [0.1, 0.15) is 5.82 Å². The van der Waals surface area contributed by atoms with E-state index in [1.54, 1.807) is 12.1 Å². The molecule has 0 aliphatic rings. The minimum atomic E-state index is -0.224. The lowest BCUT2D eigenvalue weighted by atomic mass is 10.1. The quantitative estimate of drug-likeness (QED) is 0.559. The van der Waals surface area contributed by atoms with Gasteiger partial charge >= 0.3 is 0 Å². The van der Waals surface area contributed by atoms with Crippen LogP contribution in [0.2, 0.25) is 0 Å². The average molecular weight is 320 g/mol. The standard InChI is InChI=1S/C21H21FN2/c1-14-5-8-20(11-15(14)2)23-13-18-12-16(3)24(17(18)4)21-9-6-19(22)7-10-21/h5-13H,1-4H3. The van der Waals surface area contributed by atoms with E-state index in [1.165, 1.54) is 23.3 Å². The van der Waals surface area contributed by atoms with Crippen molar-refractivity contribution >= 4 is 11.9 Å². The Morgan fingerprint density at radius 3 is 2.25 bits per heavy atom. The maximum absolute atomic E-state index is 13.1. The molecule has 0 saturated carbocycles. The Balaban J connectivity index is 1.95. The van der Waals surface area contributed by atoms with Crippen molar-refractivity contribution in [2.24, 2.45) is 4.99 Å². The molecule has 24 heavy (non-hydrogen) atoms. The van der Waals surface area contributed by atoms with Crippen LogP contribution in [0, 0.1) is 33.5 Å². The highest BCUT2D eigenvalue weighted by molar-refractivity contribution is 5.84. The van der Waals surface area contributed by atoms with Crippen LogP contribution >= 0.6 is 0 Å². The highest BCUT2D eigenvalue weighted by atomic mass is 19.1. The Bertz CT molecular complexity index is 902. The Labute approximate surface area is 142 Å². The Morgan fingerprint density at radius 2 is 1.58 bits per heavy atom. The van der Waals surface area contributed by atoms with E-state index >= 15 is 0 Å². The number of aryl methyl sites for hydroxylation is 3. The molecular weight excluding hydrogens is 299 g/mol. The summed E-state index contributed by atoms with van der Waals surface area (Å²) in [5, 5.41) is 0. The number of aromatic nitrogens is 1. The zero-order valence-corrected chi connectivity index (χ0v) is 14.5. The first-order valence-corrected chi connectivity index (χ1v) is 8.02. The lowest BCUT2D eigenvalue weighted by molar-refractivity contribution is 0.627. The van der Waals surface area contributed by atoms with Gasteiger partial charge in [0.15, 0.2) is 0 Å². The molecule has 0 bridgehead atoms. The van der Waals surface area contributed by atoms with Gasteiger partial charge < -0.3 is 4.57 Å². The van der Waals surface area contributed by atoms with Crippen LogP contribution in [0.5, 0.6) is 0 Å². The molecule has 1 heterocycles. The van der Waals surface area contributed by atoms with Crippen LogP contribution in [0.4, 0.5) is 10.1 Å². The molecule has 1 aromatic heterocycles. The minimum absolute atomic E-state index is 0.224. The predicted octanol–water partition coefficient (Wildman–Crippen LogP) is 5.60. The molecule has 3 heteroatoms. The second kappa shape index (κ2) is 6.44. The number of benzene rings is 2. The fourth-order valence-corrected chi connectivity index (χ4v) is 2.86. The summed E-state index contributed by atoms with van der Waals surface area (Å²) in [4.78, 5) is 4.60. The molecule has 2 nitrogen and oxygen atoms in total. The first-order valence-electron chi connectivity index (χ1n) is 8.02. The average Bonchev–Trinajstić information content (AvgIpc) is 2.84. The number of hydrogen-bond donors (Lipinski definition) is 0. The van der Waals surface area contributed by atoms with Crippen molar-refractivity contribution in [2.45, 2.75) is 27.7 Å². The molecule has 0 unspecified atom stereocenters. The highest BCUT2D eigenvalue weighted by Crippen LogP contribution is 2.22. The Kier molecular flexibility index (Phi) is 4.34. The fraction of sp³-hybridized carbons (Fsp3) is 0.190. The zero-order chi connectivity index (χ0) is 17.3. The third-order valence-corrected chi connectivity index (χ3v) is 4.40. The van der Waals surface area contributed by atoms with Gasteiger partial charge in [-0.05, 0) is 81.3 Å². The maximum atomic E-state index is 13.1. The van der Waals surface area contributed by atoms with Gasteiger partial charge in [-0.15, -0.1) is 0 Å². The van der Waals surface area contributed by atoms with Gasteiger partial charge in [-0.2, -0.15) is 0 Å². The van der Waals surface area contributed by atoms with Crippen LogP contribution in [-0.2, 0) is 0 Å². The molecule has 0 aliphatic heterocycles. The van der Waals surface area contributed by atoms with Crippen LogP contribution in [0.15, 0.2) is 53.5 Å². The second-order valence-corrected chi connectivity index (χ2v) is 6.17. The number of rotatable bonds is 3. The third kappa shape index (κ3) is 3.16. The lowest BCUT2D eigenvalue weighted by Crippen LogP contribution is -1.99. The number of hydrogen-bond acceptors (Lipinski definition) is 1. The van der Waals surface area contributed by atoms with Gasteiger partial charge in [-0.3, -0.25) is 4.99 Å². The van der Waals surface area contributed by atoms with Crippen LogP contribution in [-0.4, -0.2) is 10.8 Å². The molecule has 0 fully saturated rings. The number of halogens is 1. The van der Waals surface area contributed by atoms with Gasteiger partial charge in [-0.1, -0.05) is 6.07 Å². The van der Waals surface area contributed by atoms with Crippen molar-refractivity contribution < 1.29 is 4.39 Å². The first-order chi connectivity index (χ1) is 11.5. The molecule has 0 atom stereocenters. The van der Waals surface area contributed by atoms with Gasteiger partial charge in [0, 0.05) is 28.9 Å². The SMILES string of the molecule is Cc1ccc(N=Cc2cc(C)n(-c3ccc(F)cc3)c2C)cc1C. The van der Waals surface area contributed by atoms with E-state index in [-0.39, 0.29) is 5.82 Å². The minimum Gasteiger partial charge on any atom is -0.318 e. The summed E-state index contributed by atoms with van der Waals surface area (Å²) in [6.07, 6.45) is 1.90.